The summed E-state index contributed by atoms with van der Waals surface area (Å²) in [5.41, 5.74) is 7.05. The predicted octanol–water partition coefficient (Wildman–Crippen LogP) is 2.29. The summed E-state index contributed by atoms with van der Waals surface area (Å²) < 4.78 is 12.9. The molecule has 1 heterocycles. The van der Waals surface area contributed by atoms with Gasteiger partial charge < -0.3 is 15.5 Å². The maximum atomic E-state index is 12.9. The van der Waals surface area contributed by atoms with Gasteiger partial charge in [-0.2, -0.15) is 0 Å². The third-order valence-corrected chi connectivity index (χ3v) is 3.66. The summed E-state index contributed by atoms with van der Waals surface area (Å²) in [7, 11) is 0. The second kappa shape index (κ2) is 8.83. The number of aliphatic imine (C=N–C) groups is 1. The molecule has 0 amide bonds. The van der Waals surface area contributed by atoms with Gasteiger partial charge in [0.15, 0.2) is 5.96 Å². The van der Waals surface area contributed by atoms with Gasteiger partial charge in [-0.1, -0.05) is 12.8 Å². The van der Waals surface area contributed by atoms with Crippen LogP contribution in [-0.4, -0.2) is 43.1 Å². The van der Waals surface area contributed by atoms with Crippen molar-refractivity contribution >= 4 is 35.6 Å². The van der Waals surface area contributed by atoms with Crippen LogP contribution in [0.4, 0.5) is 10.1 Å². The van der Waals surface area contributed by atoms with Crippen molar-refractivity contribution in [3.05, 3.63) is 30.1 Å². The van der Waals surface area contributed by atoms with Gasteiger partial charge in [0.25, 0.3) is 0 Å². The largest absolute Gasteiger partial charge is 0.370 e. The van der Waals surface area contributed by atoms with E-state index in [2.05, 4.69) is 15.8 Å². The monoisotopic (exact) mass is 416 g/mol. The summed E-state index contributed by atoms with van der Waals surface area (Å²) in [5, 5.41) is 0. The van der Waals surface area contributed by atoms with Crippen molar-refractivity contribution in [2.45, 2.75) is 19.4 Å². The van der Waals surface area contributed by atoms with Gasteiger partial charge in [0.2, 0.25) is 0 Å². The lowest BCUT2D eigenvalue weighted by Gasteiger charge is -2.36. The van der Waals surface area contributed by atoms with Crippen molar-refractivity contribution in [2.24, 2.45) is 10.7 Å². The summed E-state index contributed by atoms with van der Waals surface area (Å²) in [4.78, 5) is 8.61. The Balaban J connectivity index is 0.00000242. The number of piperazine rings is 1. The van der Waals surface area contributed by atoms with E-state index in [1.165, 1.54) is 12.1 Å². The number of anilines is 1. The molecule has 1 aliphatic heterocycles. The fourth-order valence-electron chi connectivity index (χ4n) is 2.33. The fourth-order valence-corrected chi connectivity index (χ4v) is 2.33. The molecule has 2 N–H and O–H groups in total. The highest BCUT2D eigenvalue weighted by Crippen LogP contribution is 2.16. The molecule has 1 aromatic rings. The molecule has 22 heavy (non-hydrogen) atoms. The van der Waals surface area contributed by atoms with Gasteiger partial charge in [-0.25, -0.2) is 9.38 Å². The first-order chi connectivity index (χ1) is 10.1. The zero-order chi connectivity index (χ0) is 15.2. The van der Waals surface area contributed by atoms with E-state index in [9.17, 15) is 4.39 Å². The number of benzene rings is 1. The van der Waals surface area contributed by atoms with Crippen molar-refractivity contribution in [3.8, 4) is 12.3 Å². The van der Waals surface area contributed by atoms with Gasteiger partial charge in [-0.05, 0) is 30.7 Å². The minimum atomic E-state index is -0.214. The van der Waals surface area contributed by atoms with Gasteiger partial charge in [0.1, 0.15) is 11.9 Å². The molecule has 1 aliphatic rings. The molecule has 0 aliphatic carbocycles. The average Bonchev–Trinajstić information content (AvgIpc) is 2.53. The van der Waals surface area contributed by atoms with E-state index >= 15 is 0 Å². The first kappa shape index (κ1) is 18.6. The summed E-state index contributed by atoms with van der Waals surface area (Å²) in [5.74, 6) is 2.92. The van der Waals surface area contributed by atoms with Crippen LogP contribution < -0.4 is 10.6 Å². The Kier molecular flexibility index (Phi) is 7.45. The maximum absolute atomic E-state index is 12.9. The van der Waals surface area contributed by atoms with E-state index in [1.54, 1.807) is 12.1 Å². The number of hydrogen-bond donors (Lipinski definition) is 1. The van der Waals surface area contributed by atoms with Crippen LogP contribution in [0.1, 0.15) is 13.3 Å². The normalized spacial score (nSPS) is 16.7. The molecule has 1 unspecified atom stereocenters. The second-order valence-corrected chi connectivity index (χ2v) is 5.03. The smallest absolute Gasteiger partial charge is 0.192 e. The van der Waals surface area contributed by atoms with Crippen molar-refractivity contribution in [3.63, 3.8) is 0 Å². The van der Waals surface area contributed by atoms with E-state index in [0.29, 0.717) is 5.96 Å². The van der Waals surface area contributed by atoms with Gasteiger partial charge in [0, 0.05) is 31.9 Å². The van der Waals surface area contributed by atoms with E-state index < -0.39 is 0 Å². The Labute approximate surface area is 148 Å². The Morgan fingerprint density at radius 3 is 2.41 bits per heavy atom. The highest BCUT2D eigenvalue weighted by Gasteiger charge is 2.19. The molecule has 4 nitrogen and oxygen atoms in total. The summed E-state index contributed by atoms with van der Waals surface area (Å²) in [6, 6.07) is 6.41. The molecule has 0 saturated carbocycles. The number of guanidine groups is 1. The van der Waals surface area contributed by atoms with E-state index in [1.807, 2.05) is 11.8 Å². The van der Waals surface area contributed by atoms with Crippen LogP contribution in [0.2, 0.25) is 0 Å². The van der Waals surface area contributed by atoms with Gasteiger partial charge >= 0.3 is 0 Å². The molecule has 0 bridgehead atoms. The molecule has 120 valence electrons. The van der Waals surface area contributed by atoms with Gasteiger partial charge in [-0.15, -0.1) is 30.4 Å². The quantitative estimate of drug-likeness (QED) is 0.356. The second-order valence-electron chi connectivity index (χ2n) is 5.03. The minimum absolute atomic E-state index is 0. The van der Waals surface area contributed by atoms with Crippen LogP contribution in [0.25, 0.3) is 0 Å². The van der Waals surface area contributed by atoms with Crippen molar-refractivity contribution in [1.82, 2.24) is 4.90 Å². The Morgan fingerprint density at radius 2 is 1.91 bits per heavy atom. The molecule has 0 radical (unpaired) electrons. The fraction of sp³-hybridized carbons (Fsp3) is 0.438. The number of rotatable bonds is 3. The highest BCUT2D eigenvalue weighted by molar-refractivity contribution is 14.0. The lowest BCUT2D eigenvalue weighted by atomic mass is 10.2. The van der Waals surface area contributed by atoms with Crippen LogP contribution in [0.15, 0.2) is 29.3 Å². The number of nitrogens with two attached hydrogens (primary N) is 1. The Bertz CT molecular complexity index is 530. The molecule has 1 atom stereocenters. The van der Waals surface area contributed by atoms with Crippen LogP contribution in [0, 0.1) is 18.2 Å². The van der Waals surface area contributed by atoms with Crippen molar-refractivity contribution in [1.29, 1.82) is 0 Å². The van der Waals surface area contributed by atoms with Crippen LogP contribution in [0.5, 0.6) is 0 Å². The zero-order valence-corrected chi connectivity index (χ0v) is 15.0. The van der Waals surface area contributed by atoms with Crippen LogP contribution >= 0.6 is 24.0 Å². The first-order valence-corrected chi connectivity index (χ1v) is 7.19. The molecular weight excluding hydrogens is 394 g/mol. The summed E-state index contributed by atoms with van der Waals surface area (Å²) >= 11 is 0. The van der Waals surface area contributed by atoms with E-state index in [4.69, 9.17) is 12.2 Å². The lowest BCUT2D eigenvalue weighted by Crippen LogP contribution is -2.51. The predicted molar refractivity (Wildman–Crippen MR) is 100 cm³/mol. The zero-order valence-electron chi connectivity index (χ0n) is 12.7. The third kappa shape index (κ3) is 4.77. The molecule has 1 aromatic carbocycles. The van der Waals surface area contributed by atoms with Gasteiger partial charge in [-0.3, -0.25) is 0 Å². The minimum Gasteiger partial charge on any atom is -0.370 e. The average molecular weight is 416 g/mol. The highest BCUT2D eigenvalue weighted by atomic mass is 127. The van der Waals surface area contributed by atoms with Crippen molar-refractivity contribution < 1.29 is 4.39 Å². The Hall–Kier alpha value is -1.49. The first-order valence-electron chi connectivity index (χ1n) is 7.19. The number of hydrogen-bond acceptors (Lipinski definition) is 2. The number of halogens is 2. The summed E-state index contributed by atoms with van der Waals surface area (Å²) in [6.07, 6.45) is 6.19. The molecule has 0 spiro atoms. The molecule has 1 fully saturated rings. The standard InChI is InChI=1S/C16H21FN4.HI/c1-3-14(4-2)19-16(18)21-11-9-20(10-12-21)15-7-5-13(17)6-8-15;/h1,5-8,14H,4,9-12H2,2H3,(H2,18,19);1H. The Morgan fingerprint density at radius 1 is 1.32 bits per heavy atom. The maximum Gasteiger partial charge on any atom is 0.192 e. The molecule has 0 aromatic heterocycles. The molecular formula is C16H22FIN4. The van der Waals surface area contributed by atoms with Crippen LogP contribution in [-0.2, 0) is 0 Å². The topological polar surface area (TPSA) is 44.9 Å². The summed E-state index contributed by atoms with van der Waals surface area (Å²) in [6.45, 7) is 5.22. The number of terminal acetylenes is 1. The molecule has 1 saturated heterocycles. The SMILES string of the molecule is C#CC(CC)N=C(N)N1CCN(c2ccc(F)cc2)CC1.I. The molecule has 2 rings (SSSR count). The van der Waals surface area contributed by atoms with E-state index in [0.717, 1.165) is 38.3 Å². The van der Waals surface area contributed by atoms with E-state index in [-0.39, 0.29) is 35.8 Å². The van der Waals surface area contributed by atoms with Crippen molar-refractivity contribution in [2.75, 3.05) is 31.1 Å². The third-order valence-electron chi connectivity index (χ3n) is 3.66. The number of nitrogens with zero attached hydrogens (tertiary/aromatic N) is 3. The van der Waals surface area contributed by atoms with Gasteiger partial charge in [0.05, 0.1) is 0 Å². The van der Waals surface area contributed by atoms with Crippen LogP contribution in [0.3, 0.4) is 0 Å². The lowest BCUT2D eigenvalue weighted by molar-refractivity contribution is 0.380. The molecule has 6 heteroatoms.